The van der Waals surface area contributed by atoms with Crippen molar-refractivity contribution in [3.8, 4) is 0 Å². The largest absolute Gasteiger partial charge is 0.481 e. The van der Waals surface area contributed by atoms with Gasteiger partial charge in [0.2, 0.25) is 0 Å². The number of hydrogen-bond acceptors (Lipinski definition) is 1. The van der Waals surface area contributed by atoms with Crippen molar-refractivity contribution in [2.75, 3.05) is 0 Å². The Kier molecular flexibility index (Phi) is 3.09. The molecule has 0 heterocycles. The van der Waals surface area contributed by atoms with Crippen LogP contribution in [-0.4, -0.2) is 19.1 Å². The zero-order chi connectivity index (χ0) is 8.36. The summed E-state index contributed by atoms with van der Waals surface area (Å²) in [5, 5.41) is 8.74. The third-order valence-corrected chi connectivity index (χ3v) is 4.50. The highest BCUT2D eigenvalue weighted by Crippen LogP contribution is 2.24. The highest BCUT2D eigenvalue weighted by Gasteiger charge is 2.30. The summed E-state index contributed by atoms with van der Waals surface area (Å²) < 4.78 is 0. The van der Waals surface area contributed by atoms with Crippen molar-refractivity contribution in [1.82, 2.24) is 0 Å². The first-order chi connectivity index (χ1) is 4.39. The summed E-state index contributed by atoms with van der Waals surface area (Å²) in [6, 6.07) is 0. The Hall–Kier alpha value is -0.313. The molecule has 0 aliphatic heterocycles. The first-order valence-electron chi connectivity index (χ1n) is 3.62. The van der Waals surface area contributed by atoms with E-state index in [9.17, 15) is 4.79 Å². The number of rotatable bonds is 3. The summed E-state index contributed by atoms with van der Waals surface area (Å²) >= 11 is 0. The Morgan fingerprint density at radius 3 is 1.90 bits per heavy atom. The Bertz CT molecular complexity index is 126. The van der Waals surface area contributed by atoms with Gasteiger partial charge in [-0.2, -0.15) is 0 Å². The molecule has 0 saturated carbocycles. The monoisotopic (exact) mass is 160 g/mol. The lowest BCUT2D eigenvalue weighted by Crippen LogP contribution is -2.33. The van der Waals surface area contributed by atoms with Crippen LogP contribution < -0.4 is 0 Å². The van der Waals surface area contributed by atoms with Crippen molar-refractivity contribution >= 4 is 14.0 Å². The molecule has 0 fully saturated rings. The van der Waals surface area contributed by atoms with Crippen LogP contribution in [-0.2, 0) is 4.79 Å². The first kappa shape index (κ1) is 9.69. The van der Waals surface area contributed by atoms with Crippen molar-refractivity contribution < 1.29 is 9.90 Å². The van der Waals surface area contributed by atoms with Crippen molar-refractivity contribution in [3.05, 3.63) is 0 Å². The van der Waals surface area contributed by atoms with Gasteiger partial charge in [-0.15, -0.1) is 0 Å². The SMILES string of the molecule is CC[C@H](C(=O)O)[Si](C)(C)C. The van der Waals surface area contributed by atoms with E-state index >= 15 is 0 Å². The van der Waals surface area contributed by atoms with Crippen molar-refractivity contribution in [1.29, 1.82) is 0 Å². The normalized spacial score (nSPS) is 14.8. The molecule has 0 amide bonds. The molecule has 60 valence electrons. The number of carboxylic acids is 1. The van der Waals surface area contributed by atoms with E-state index in [1.807, 2.05) is 6.92 Å². The smallest absolute Gasteiger partial charge is 0.303 e. The molecule has 1 N–H and O–H groups in total. The molecule has 0 aromatic heterocycles. The van der Waals surface area contributed by atoms with Crippen molar-refractivity contribution in [2.45, 2.75) is 38.5 Å². The van der Waals surface area contributed by atoms with Gasteiger partial charge >= 0.3 is 5.97 Å². The molecule has 0 saturated heterocycles. The molecular formula is C7H16O2Si. The standard InChI is InChI=1S/C7H16O2Si/c1-5-6(7(8)9)10(2,3)4/h6H,5H2,1-4H3,(H,8,9)/t6-/m1/s1. The molecule has 0 rings (SSSR count). The van der Waals surface area contributed by atoms with Gasteiger partial charge < -0.3 is 5.11 Å². The highest BCUT2D eigenvalue weighted by atomic mass is 28.3. The quantitative estimate of drug-likeness (QED) is 0.643. The third kappa shape index (κ3) is 2.52. The summed E-state index contributed by atoms with van der Waals surface area (Å²) in [6.07, 6.45) is 0.769. The Morgan fingerprint density at radius 2 is 1.90 bits per heavy atom. The predicted molar refractivity (Wildman–Crippen MR) is 45.0 cm³/mol. The van der Waals surface area contributed by atoms with Crippen LogP contribution in [0.25, 0.3) is 0 Å². The summed E-state index contributed by atoms with van der Waals surface area (Å²) in [5.41, 5.74) is -0.0764. The van der Waals surface area contributed by atoms with Crippen LogP contribution in [0.4, 0.5) is 0 Å². The van der Waals surface area contributed by atoms with E-state index in [0.717, 1.165) is 6.42 Å². The average molecular weight is 160 g/mol. The van der Waals surface area contributed by atoms with Crippen LogP contribution in [0.15, 0.2) is 0 Å². The van der Waals surface area contributed by atoms with Gasteiger partial charge in [-0.1, -0.05) is 26.6 Å². The van der Waals surface area contributed by atoms with Gasteiger partial charge in [-0.05, 0) is 6.42 Å². The second kappa shape index (κ2) is 3.19. The van der Waals surface area contributed by atoms with E-state index in [1.54, 1.807) is 0 Å². The summed E-state index contributed by atoms with van der Waals surface area (Å²) in [5.74, 6) is -0.623. The minimum atomic E-state index is -1.45. The number of carboxylic acid groups (broad SMARTS) is 1. The van der Waals surface area contributed by atoms with Crippen LogP contribution in [0.3, 0.4) is 0 Å². The predicted octanol–water partition coefficient (Wildman–Crippen LogP) is 2.19. The van der Waals surface area contributed by atoms with Gasteiger partial charge in [0.25, 0.3) is 0 Å². The zero-order valence-electron chi connectivity index (χ0n) is 7.14. The van der Waals surface area contributed by atoms with Crippen molar-refractivity contribution in [2.24, 2.45) is 0 Å². The summed E-state index contributed by atoms with van der Waals surface area (Å²) in [7, 11) is -1.45. The molecule has 0 unspecified atom stereocenters. The molecule has 0 aromatic carbocycles. The summed E-state index contributed by atoms with van der Waals surface area (Å²) in [6.45, 7) is 8.22. The van der Waals surface area contributed by atoms with E-state index < -0.39 is 14.0 Å². The van der Waals surface area contributed by atoms with E-state index in [2.05, 4.69) is 19.6 Å². The maximum absolute atomic E-state index is 10.6. The second-order valence-electron chi connectivity index (χ2n) is 3.67. The molecule has 1 atom stereocenters. The van der Waals surface area contributed by atoms with Gasteiger partial charge in [0.05, 0.1) is 8.07 Å². The van der Waals surface area contributed by atoms with Crippen LogP contribution in [0.5, 0.6) is 0 Å². The van der Waals surface area contributed by atoms with Crippen molar-refractivity contribution in [3.63, 3.8) is 0 Å². The van der Waals surface area contributed by atoms with Gasteiger partial charge in [-0.25, -0.2) is 0 Å². The molecule has 3 heteroatoms. The fourth-order valence-electron chi connectivity index (χ4n) is 1.16. The maximum Gasteiger partial charge on any atom is 0.303 e. The van der Waals surface area contributed by atoms with Crippen LogP contribution in [0.2, 0.25) is 25.2 Å². The van der Waals surface area contributed by atoms with Crippen LogP contribution in [0, 0.1) is 0 Å². The van der Waals surface area contributed by atoms with Crippen LogP contribution >= 0.6 is 0 Å². The summed E-state index contributed by atoms with van der Waals surface area (Å²) in [4.78, 5) is 10.6. The topological polar surface area (TPSA) is 37.3 Å². The number of hydrogen-bond donors (Lipinski definition) is 1. The van der Waals surface area contributed by atoms with Gasteiger partial charge in [0, 0.05) is 5.54 Å². The van der Waals surface area contributed by atoms with E-state index in [0.29, 0.717) is 0 Å². The first-order valence-corrected chi connectivity index (χ1v) is 7.20. The molecule has 0 radical (unpaired) electrons. The second-order valence-corrected chi connectivity index (χ2v) is 9.09. The lowest BCUT2D eigenvalue weighted by Gasteiger charge is -2.23. The minimum absolute atomic E-state index is 0.0764. The highest BCUT2D eigenvalue weighted by molar-refractivity contribution is 6.80. The van der Waals surface area contributed by atoms with E-state index in [4.69, 9.17) is 5.11 Å². The molecule has 0 bridgehead atoms. The van der Waals surface area contributed by atoms with Gasteiger partial charge in [-0.3, -0.25) is 4.79 Å². The van der Waals surface area contributed by atoms with Gasteiger partial charge in [0.1, 0.15) is 0 Å². The fourth-order valence-corrected chi connectivity index (χ4v) is 3.12. The van der Waals surface area contributed by atoms with Gasteiger partial charge in [0.15, 0.2) is 0 Å². The Labute approximate surface area is 63.3 Å². The minimum Gasteiger partial charge on any atom is -0.481 e. The molecular weight excluding hydrogens is 144 g/mol. The fraction of sp³-hybridized carbons (Fsp3) is 0.857. The third-order valence-electron chi connectivity index (χ3n) is 1.75. The van der Waals surface area contributed by atoms with E-state index in [1.165, 1.54) is 0 Å². The average Bonchev–Trinajstić information content (AvgIpc) is 1.60. The zero-order valence-corrected chi connectivity index (χ0v) is 8.14. The Balaban J connectivity index is 4.22. The molecule has 2 nitrogen and oxygen atoms in total. The van der Waals surface area contributed by atoms with E-state index in [-0.39, 0.29) is 5.54 Å². The van der Waals surface area contributed by atoms with Crippen LogP contribution in [0.1, 0.15) is 13.3 Å². The lowest BCUT2D eigenvalue weighted by atomic mass is 10.3. The number of aliphatic carboxylic acids is 1. The molecule has 10 heavy (non-hydrogen) atoms. The lowest BCUT2D eigenvalue weighted by molar-refractivity contribution is -0.137. The molecule has 0 aliphatic rings. The molecule has 0 aliphatic carbocycles. The molecule has 0 spiro atoms. The molecule has 0 aromatic rings. The number of carbonyl (C=O) groups is 1. The Morgan fingerprint density at radius 1 is 1.50 bits per heavy atom. The maximum atomic E-state index is 10.6.